The molecule has 1 saturated carbocycles. The average Bonchev–Trinajstić information content (AvgIpc) is 2.97. The van der Waals surface area contributed by atoms with E-state index in [1.165, 1.54) is 45.1 Å². The topological polar surface area (TPSA) is 56.3 Å². The van der Waals surface area contributed by atoms with E-state index in [1.54, 1.807) is 12.1 Å². The molecule has 1 aromatic rings. The van der Waals surface area contributed by atoms with E-state index in [9.17, 15) is 9.59 Å². The van der Waals surface area contributed by atoms with Gasteiger partial charge in [0, 0.05) is 11.8 Å². The van der Waals surface area contributed by atoms with Crippen molar-refractivity contribution in [2.24, 2.45) is 5.92 Å². The SMILES string of the molecule is COC(=O)c1ccc(C(=O)/C=C/C2CCCC2)cn1. The molecule has 0 unspecified atom stereocenters. The number of pyridine rings is 1. The van der Waals surface area contributed by atoms with Gasteiger partial charge in [0.15, 0.2) is 5.78 Å². The van der Waals surface area contributed by atoms with Crippen molar-refractivity contribution in [2.75, 3.05) is 7.11 Å². The normalized spacial score (nSPS) is 15.8. The van der Waals surface area contributed by atoms with Crippen molar-refractivity contribution in [1.29, 1.82) is 0 Å². The van der Waals surface area contributed by atoms with Crippen molar-refractivity contribution in [1.82, 2.24) is 4.98 Å². The second kappa shape index (κ2) is 6.27. The Balaban J connectivity index is 2.01. The molecule has 1 heterocycles. The molecule has 0 aromatic carbocycles. The maximum Gasteiger partial charge on any atom is 0.356 e. The molecule has 0 spiro atoms. The molecule has 0 atom stereocenters. The van der Waals surface area contributed by atoms with E-state index in [0.29, 0.717) is 11.5 Å². The number of rotatable bonds is 4. The van der Waals surface area contributed by atoms with E-state index in [0.717, 1.165) is 0 Å². The second-order valence-electron chi connectivity index (χ2n) is 4.69. The van der Waals surface area contributed by atoms with Crippen molar-refractivity contribution < 1.29 is 14.3 Å². The van der Waals surface area contributed by atoms with Crippen molar-refractivity contribution >= 4 is 11.8 Å². The smallest absolute Gasteiger partial charge is 0.356 e. The van der Waals surface area contributed by atoms with Gasteiger partial charge >= 0.3 is 5.97 Å². The lowest BCUT2D eigenvalue weighted by Gasteiger charge is -2.01. The molecule has 1 aliphatic carbocycles. The molecule has 19 heavy (non-hydrogen) atoms. The minimum Gasteiger partial charge on any atom is -0.464 e. The zero-order valence-electron chi connectivity index (χ0n) is 11.0. The highest BCUT2D eigenvalue weighted by atomic mass is 16.5. The summed E-state index contributed by atoms with van der Waals surface area (Å²) in [5, 5.41) is 0. The number of allylic oxidation sites excluding steroid dienone is 2. The molecular formula is C15H17NO3. The third kappa shape index (κ3) is 3.50. The minimum atomic E-state index is -0.500. The molecular weight excluding hydrogens is 242 g/mol. The molecule has 1 aromatic heterocycles. The second-order valence-corrected chi connectivity index (χ2v) is 4.69. The van der Waals surface area contributed by atoms with Crippen LogP contribution in [0, 0.1) is 5.92 Å². The summed E-state index contributed by atoms with van der Waals surface area (Å²) in [6.07, 6.45) is 9.85. The van der Waals surface area contributed by atoms with Gasteiger partial charge in [0.1, 0.15) is 5.69 Å². The fraction of sp³-hybridized carbons (Fsp3) is 0.400. The lowest BCUT2D eigenvalue weighted by atomic mass is 10.1. The maximum atomic E-state index is 11.9. The first-order valence-electron chi connectivity index (χ1n) is 6.47. The van der Waals surface area contributed by atoms with Crippen LogP contribution in [-0.2, 0) is 4.74 Å². The first-order valence-corrected chi connectivity index (χ1v) is 6.47. The summed E-state index contributed by atoms with van der Waals surface area (Å²) in [7, 11) is 1.30. The van der Waals surface area contributed by atoms with Crippen LogP contribution in [0.4, 0.5) is 0 Å². The number of ether oxygens (including phenoxy) is 1. The lowest BCUT2D eigenvalue weighted by molar-refractivity contribution is 0.0593. The molecule has 0 aliphatic heterocycles. The van der Waals surface area contributed by atoms with Gasteiger partial charge in [0.25, 0.3) is 0 Å². The Morgan fingerprint density at radius 3 is 2.63 bits per heavy atom. The van der Waals surface area contributed by atoms with Crippen LogP contribution >= 0.6 is 0 Å². The van der Waals surface area contributed by atoms with Crippen LogP contribution in [0.15, 0.2) is 30.5 Å². The highest BCUT2D eigenvalue weighted by Gasteiger charge is 2.13. The Bertz CT molecular complexity index is 485. The first kappa shape index (κ1) is 13.5. The molecule has 1 fully saturated rings. The molecule has 0 N–H and O–H groups in total. The van der Waals surface area contributed by atoms with Crippen LogP contribution in [0.3, 0.4) is 0 Å². The van der Waals surface area contributed by atoms with Gasteiger partial charge < -0.3 is 4.74 Å². The standard InChI is InChI=1S/C15H17NO3/c1-19-15(18)13-8-7-12(10-16-13)14(17)9-6-11-4-2-3-5-11/h6-11H,2-5H2,1H3/b9-6+. The number of methoxy groups -OCH3 is 1. The van der Waals surface area contributed by atoms with Gasteiger partial charge in [0.2, 0.25) is 0 Å². The van der Waals surface area contributed by atoms with Gasteiger partial charge in [-0.25, -0.2) is 9.78 Å². The molecule has 0 radical (unpaired) electrons. The number of carbonyl (C=O) groups is 2. The summed E-state index contributed by atoms with van der Waals surface area (Å²) in [5.74, 6) is -0.0393. The lowest BCUT2D eigenvalue weighted by Crippen LogP contribution is -2.05. The van der Waals surface area contributed by atoms with Crippen LogP contribution in [0.2, 0.25) is 0 Å². The maximum absolute atomic E-state index is 11.9. The Labute approximate surface area is 112 Å². The predicted octanol–water partition coefficient (Wildman–Crippen LogP) is 2.80. The van der Waals surface area contributed by atoms with E-state index in [-0.39, 0.29) is 11.5 Å². The Morgan fingerprint density at radius 2 is 2.05 bits per heavy atom. The third-order valence-electron chi connectivity index (χ3n) is 3.36. The van der Waals surface area contributed by atoms with E-state index >= 15 is 0 Å². The molecule has 100 valence electrons. The van der Waals surface area contributed by atoms with Crippen molar-refractivity contribution in [3.05, 3.63) is 41.7 Å². The van der Waals surface area contributed by atoms with Crippen LogP contribution in [0.1, 0.15) is 46.5 Å². The predicted molar refractivity (Wildman–Crippen MR) is 71.0 cm³/mol. The van der Waals surface area contributed by atoms with Gasteiger partial charge in [-0.2, -0.15) is 0 Å². The Hall–Kier alpha value is -1.97. The Morgan fingerprint density at radius 1 is 1.32 bits per heavy atom. The van der Waals surface area contributed by atoms with E-state index in [4.69, 9.17) is 0 Å². The molecule has 2 rings (SSSR count). The number of hydrogen-bond acceptors (Lipinski definition) is 4. The molecule has 0 amide bonds. The van der Waals surface area contributed by atoms with Crippen molar-refractivity contribution in [3.8, 4) is 0 Å². The average molecular weight is 259 g/mol. The largest absolute Gasteiger partial charge is 0.464 e. The fourth-order valence-electron chi connectivity index (χ4n) is 2.23. The van der Waals surface area contributed by atoms with Crippen molar-refractivity contribution in [2.45, 2.75) is 25.7 Å². The monoisotopic (exact) mass is 259 g/mol. The van der Waals surface area contributed by atoms with Gasteiger partial charge in [-0.05, 0) is 37.0 Å². The summed E-state index contributed by atoms with van der Waals surface area (Å²) in [5.41, 5.74) is 0.695. The number of ketones is 1. The summed E-state index contributed by atoms with van der Waals surface area (Å²) < 4.78 is 4.55. The number of esters is 1. The summed E-state index contributed by atoms with van der Waals surface area (Å²) in [6, 6.07) is 3.10. The van der Waals surface area contributed by atoms with Gasteiger partial charge in [-0.1, -0.05) is 18.9 Å². The number of nitrogens with zero attached hydrogens (tertiary/aromatic N) is 1. The summed E-state index contributed by atoms with van der Waals surface area (Å²) >= 11 is 0. The number of hydrogen-bond donors (Lipinski definition) is 0. The molecule has 1 aliphatic rings. The highest BCUT2D eigenvalue weighted by molar-refractivity contribution is 6.04. The van der Waals surface area contributed by atoms with E-state index in [1.807, 2.05) is 6.08 Å². The first-order chi connectivity index (χ1) is 9.20. The summed E-state index contributed by atoms with van der Waals surface area (Å²) in [6.45, 7) is 0. The van der Waals surface area contributed by atoms with E-state index in [2.05, 4.69) is 9.72 Å². The molecule has 0 bridgehead atoms. The van der Waals surface area contributed by atoms with Crippen LogP contribution in [0.25, 0.3) is 0 Å². The minimum absolute atomic E-state index is 0.0733. The number of carbonyl (C=O) groups excluding carboxylic acids is 2. The van der Waals surface area contributed by atoms with E-state index < -0.39 is 5.97 Å². The zero-order valence-corrected chi connectivity index (χ0v) is 11.0. The summed E-state index contributed by atoms with van der Waals surface area (Å²) in [4.78, 5) is 27.0. The van der Waals surface area contributed by atoms with Gasteiger partial charge in [0.05, 0.1) is 7.11 Å². The van der Waals surface area contributed by atoms with Crippen LogP contribution in [0.5, 0.6) is 0 Å². The van der Waals surface area contributed by atoms with Gasteiger partial charge in [-0.3, -0.25) is 4.79 Å². The highest BCUT2D eigenvalue weighted by Crippen LogP contribution is 2.25. The van der Waals surface area contributed by atoms with Crippen LogP contribution in [-0.4, -0.2) is 23.8 Å². The zero-order chi connectivity index (χ0) is 13.7. The molecule has 0 saturated heterocycles. The quantitative estimate of drug-likeness (QED) is 0.474. The van der Waals surface area contributed by atoms with Crippen molar-refractivity contribution in [3.63, 3.8) is 0 Å². The fourth-order valence-corrected chi connectivity index (χ4v) is 2.23. The van der Waals surface area contributed by atoms with Crippen LogP contribution < -0.4 is 0 Å². The van der Waals surface area contributed by atoms with Gasteiger partial charge in [-0.15, -0.1) is 0 Å². The third-order valence-corrected chi connectivity index (χ3v) is 3.36. The Kier molecular flexibility index (Phi) is 4.44. The molecule has 4 heteroatoms. The number of aromatic nitrogens is 1. The molecule has 4 nitrogen and oxygen atoms in total.